The molecule has 0 spiro atoms. The first kappa shape index (κ1) is 37.6. The first-order chi connectivity index (χ1) is 26.6. The van der Waals surface area contributed by atoms with Crippen molar-refractivity contribution >= 4 is 56.1 Å². The maximum Gasteiger partial charge on any atom is 0.407 e. The van der Waals surface area contributed by atoms with Gasteiger partial charge in [0, 0.05) is 22.5 Å². The Morgan fingerprint density at radius 1 is 0.818 bits per heavy atom. The van der Waals surface area contributed by atoms with E-state index in [1.54, 1.807) is 44.9 Å². The van der Waals surface area contributed by atoms with Crippen molar-refractivity contribution in [2.75, 3.05) is 27.3 Å². The molecule has 7 rings (SSSR count). The summed E-state index contributed by atoms with van der Waals surface area (Å²) in [5, 5.41) is 5.38. The van der Waals surface area contributed by atoms with Gasteiger partial charge in [-0.3, -0.25) is 9.59 Å². The van der Waals surface area contributed by atoms with Crippen LogP contribution in [0.2, 0.25) is 0 Å². The van der Waals surface area contributed by atoms with E-state index < -0.39 is 24.3 Å². The summed E-state index contributed by atoms with van der Waals surface area (Å²) in [6.07, 6.45) is 5.35. The van der Waals surface area contributed by atoms with Gasteiger partial charge in [0.25, 0.3) is 5.91 Å². The molecule has 4 N–H and O–H groups in total. The molecule has 2 aliphatic rings. The molecule has 0 radical (unpaired) electrons. The molecule has 2 aliphatic heterocycles. The molecule has 0 aliphatic carbocycles. The van der Waals surface area contributed by atoms with Crippen LogP contribution in [-0.4, -0.2) is 87.1 Å². The van der Waals surface area contributed by atoms with Gasteiger partial charge in [0.15, 0.2) is 0 Å². The lowest BCUT2D eigenvalue weighted by molar-refractivity contribution is -0.135. The SMILES string of the molecule is COC(=O)N[C@H](C(=O)N1CCC[C@H]1c1ncc(C#Cc2cc3sc(-c4cnc([C@@H]5CCCN5C(=O)[C@H](NC(=O)OC)c5ccccc5)[nH]4)cc3s2)[nH]1)C(C)C. The molecule has 0 unspecified atom stereocenters. The van der Waals surface area contributed by atoms with Crippen LogP contribution in [0.5, 0.6) is 0 Å². The summed E-state index contributed by atoms with van der Waals surface area (Å²) in [5.74, 6) is 7.34. The zero-order chi connectivity index (χ0) is 38.6. The van der Waals surface area contributed by atoms with Crippen molar-refractivity contribution in [1.82, 2.24) is 40.4 Å². The molecule has 4 atom stereocenters. The van der Waals surface area contributed by atoms with E-state index in [0.29, 0.717) is 36.0 Å². The smallest absolute Gasteiger partial charge is 0.407 e. The Labute approximate surface area is 326 Å². The number of methoxy groups -OCH3 is 2. The van der Waals surface area contributed by atoms with Gasteiger partial charge < -0.3 is 39.9 Å². The van der Waals surface area contributed by atoms with Crippen LogP contribution in [0.4, 0.5) is 9.59 Å². The molecule has 16 heteroatoms. The molecule has 1 aromatic carbocycles. The molecule has 14 nitrogen and oxygen atoms in total. The number of aromatic nitrogens is 4. The third kappa shape index (κ3) is 8.08. The number of benzene rings is 1. The number of carbonyl (C=O) groups is 4. The van der Waals surface area contributed by atoms with E-state index in [4.69, 9.17) is 14.5 Å². The Morgan fingerprint density at radius 3 is 2.13 bits per heavy atom. The molecular weight excluding hydrogens is 741 g/mol. The van der Waals surface area contributed by atoms with Crippen LogP contribution in [0.15, 0.2) is 54.9 Å². The second-order valence-corrected chi connectivity index (χ2v) is 15.9. The zero-order valence-corrected chi connectivity index (χ0v) is 32.5. The van der Waals surface area contributed by atoms with Crippen LogP contribution in [0.25, 0.3) is 20.0 Å². The average Bonchev–Trinajstić information content (AvgIpc) is 4.04. The second kappa shape index (κ2) is 16.4. The fourth-order valence-electron chi connectivity index (χ4n) is 7.14. The largest absolute Gasteiger partial charge is 0.453 e. The summed E-state index contributed by atoms with van der Waals surface area (Å²) in [7, 11) is 2.56. The minimum Gasteiger partial charge on any atom is -0.453 e. The predicted octanol–water partition coefficient (Wildman–Crippen LogP) is 6.28. The standard InChI is InChI=1S/C39H42N8O6S2/c1-22(2)32(44-38(50)52-3)36(48)46-16-8-12-27(46)34-40-20-24(42-34)14-15-25-18-30-31(54-25)19-29(55-30)26-21-41-35(43-26)28-13-9-17-47(28)37(49)33(45-39(51)53-4)23-10-6-5-7-11-23/h5-7,10-11,18-22,27-28,32-33H,8-9,12-13,16-17H2,1-4H3,(H,40,42)(H,41,43)(H,44,50)(H,45,51)/t27-,28-,32-,33+/m0/s1. The molecule has 286 valence electrons. The number of carbonyl (C=O) groups excluding carboxylic acids is 4. The fourth-order valence-corrected chi connectivity index (χ4v) is 9.36. The monoisotopic (exact) mass is 782 g/mol. The average molecular weight is 783 g/mol. The van der Waals surface area contributed by atoms with Gasteiger partial charge in [0.1, 0.15) is 29.4 Å². The van der Waals surface area contributed by atoms with Gasteiger partial charge in [0.2, 0.25) is 5.91 Å². The summed E-state index contributed by atoms with van der Waals surface area (Å²) in [4.78, 5) is 73.0. The van der Waals surface area contributed by atoms with Gasteiger partial charge in [-0.1, -0.05) is 44.2 Å². The normalized spacial score (nSPS) is 17.8. The van der Waals surface area contributed by atoms with Crippen molar-refractivity contribution < 1.29 is 28.7 Å². The highest BCUT2D eigenvalue weighted by molar-refractivity contribution is 7.29. The minimum atomic E-state index is -0.880. The number of hydrogen-bond donors (Lipinski definition) is 4. The van der Waals surface area contributed by atoms with E-state index in [-0.39, 0.29) is 29.8 Å². The van der Waals surface area contributed by atoms with Crippen LogP contribution >= 0.6 is 22.7 Å². The molecule has 0 saturated carbocycles. The summed E-state index contributed by atoms with van der Waals surface area (Å²) in [6, 6.07) is 11.3. The highest BCUT2D eigenvalue weighted by Crippen LogP contribution is 2.39. The van der Waals surface area contributed by atoms with E-state index in [1.165, 1.54) is 14.2 Å². The second-order valence-electron chi connectivity index (χ2n) is 13.8. The van der Waals surface area contributed by atoms with Crippen LogP contribution in [0.1, 0.15) is 85.4 Å². The molecule has 2 saturated heterocycles. The first-order valence-electron chi connectivity index (χ1n) is 18.1. The predicted molar refractivity (Wildman–Crippen MR) is 208 cm³/mol. The number of thiophene rings is 2. The number of likely N-dealkylation sites (tertiary alicyclic amines) is 2. The number of alkyl carbamates (subject to hydrolysis) is 2. The van der Waals surface area contributed by atoms with Gasteiger partial charge in [-0.2, -0.15) is 0 Å². The van der Waals surface area contributed by atoms with Crippen molar-refractivity contribution in [2.24, 2.45) is 5.92 Å². The maximum atomic E-state index is 13.9. The van der Waals surface area contributed by atoms with Crippen molar-refractivity contribution in [3.05, 3.63) is 82.6 Å². The Balaban J connectivity index is 1.02. The Kier molecular flexibility index (Phi) is 11.2. The molecule has 55 heavy (non-hydrogen) atoms. The topological polar surface area (TPSA) is 175 Å². The van der Waals surface area contributed by atoms with Crippen molar-refractivity contribution in [1.29, 1.82) is 0 Å². The minimum absolute atomic E-state index is 0.114. The van der Waals surface area contributed by atoms with E-state index in [1.807, 2.05) is 44.2 Å². The lowest BCUT2D eigenvalue weighted by atomic mass is 10.0. The van der Waals surface area contributed by atoms with Crippen molar-refractivity contribution in [2.45, 2.75) is 63.7 Å². The first-order valence-corrected chi connectivity index (χ1v) is 19.8. The van der Waals surface area contributed by atoms with Gasteiger partial charge in [-0.15, -0.1) is 22.7 Å². The van der Waals surface area contributed by atoms with E-state index in [9.17, 15) is 19.2 Å². The molecule has 4 aromatic heterocycles. The lowest BCUT2D eigenvalue weighted by Gasteiger charge is -2.29. The quantitative estimate of drug-likeness (QED) is 0.126. The van der Waals surface area contributed by atoms with E-state index in [2.05, 4.69) is 49.6 Å². The Bertz CT molecular complexity index is 2220. The van der Waals surface area contributed by atoms with Crippen LogP contribution in [0, 0.1) is 17.8 Å². The molecular formula is C39H42N8O6S2. The van der Waals surface area contributed by atoms with Gasteiger partial charge in [-0.25, -0.2) is 19.6 Å². The van der Waals surface area contributed by atoms with Crippen LogP contribution < -0.4 is 10.6 Å². The van der Waals surface area contributed by atoms with Gasteiger partial charge in [-0.05, 0) is 61.1 Å². The third-order valence-corrected chi connectivity index (χ3v) is 12.1. The molecule has 4 amide bonds. The molecule has 2 fully saturated rings. The number of hydrogen-bond acceptors (Lipinski definition) is 10. The van der Waals surface area contributed by atoms with Gasteiger partial charge >= 0.3 is 12.2 Å². The van der Waals surface area contributed by atoms with E-state index in [0.717, 1.165) is 50.5 Å². The Morgan fingerprint density at radius 2 is 1.45 bits per heavy atom. The maximum absolute atomic E-state index is 13.9. The summed E-state index contributed by atoms with van der Waals surface area (Å²) in [5.41, 5.74) is 2.20. The number of nitrogens with one attached hydrogen (secondary N) is 4. The summed E-state index contributed by atoms with van der Waals surface area (Å²) < 4.78 is 11.8. The summed E-state index contributed by atoms with van der Waals surface area (Å²) in [6.45, 7) is 4.91. The molecule has 6 heterocycles. The number of imidazole rings is 2. The van der Waals surface area contributed by atoms with Gasteiger partial charge in [0.05, 0.1) is 54.1 Å². The van der Waals surface area contributed by atoms with E-state index >= 15 is 0 Å². The number of fused-ring (bicyclic) bond motifs is 1. The van der Waals surface area contributed by atoms with Crippen molar-refractivity contribution in [3.8, 4) is 22.4 Å². The summed E-state index contributed by atoms with van der Waals surface area (Å²) >= 11 is 3.24. The number of rotatable bonds is 9. The number of nitrogens with zero attached hydrogens (tertiary/aromatic N) is 4. The lowest BCUT2D eigenvalue weighted by Crippen LogP contribution is -2.51. The Hall–Kier alpha value is -5.66. The number of aromatic amines is 2. The highest BCUT2D eigenvalue weighted by atomic mass is 32.1. The number of amides is 4. The third-order valence-electron chi connectivity index (χ3n) is 9.91. The highest BCUT2D eigenvalue weighted by Gasteiger charge is 2.38. The van der Waals surface area contributed by atoms with Crippen molar-refractivity contribution in [3.63, 3.8) is 0 Å². The number of H-pyrrole nitrogens is 2. The number of ether oxygens (including phenoxy) is 2. The zero-order valence-electron chi connectivity index (χ0n) is 30.9. The molecule has 5 aromatic rings. The molecule has 0 bridgehead atoms. The van der Waals surface area contributed by atoms with Crippen LogP contribution in [-0.2, 0) is 19.1 Å². The van der Waals surface area contributed by atoms with Crippen LogP contribution in [0.3, 0.4) is 0 Å². The fraction of sp³-hybridized carbons (Fsp3) is 0.385.